The van der Waals surface area contributed by atoms with Crippen LogP contribution in [0.2, 0.25) is 0 Å². The molecule has 0 aliphatic heterocycles. The zero-order valence-electron chi connectivity index (χ0n) is 8.53. The summed E-state index contributed by atoms with van der Waals surface area (Å²) in [6, 6.07) is 7.96. The highest BCUT2D eigenvalue weighted by molar-refractivity contribution is 7.91. The van der Waals surface area contributed by atoms with Crippen molar-refractivity contribution >= 4 is 21.7 Å². The van der Waals surface area contributed by atoms with Crippen molar-refractivity contribution in [1.82, 2.24) is 0 Å². The van der Waals surface area contributed by atoms with E-state index in [9.17, 15) is 13.2 Å². The third-order valence-corrected chi connectivity index (χ3v) is 2.49. The summed E-state index contributed by atoms with van der Waals surface area (Å²) < 4.78 is 23.3. The first-order valence-electron chi connectivity index (χ1n) is 4.31. The number of hydrogen-bond acceptors (Lipinski definition) is 4. The molecule has 0 aliphatic rings. The van der Waals surface area contributed by atoms with Gasteiger partial charge in [-0.3, -0.25) is 0 Å². The number of carboxylic acids is 1. The first-order chi connectivity index (χ1) is 7.41. The maximum atomic E-state index is 11.4. The number of anilines is 1. The third kappa shape index (κ3) is 3.52. The number of benzene rings is 1. The molecule has 0 spiro atoms. The predicted molar refractivity (Wildman–Crippen MR) is 57.4 cm³/mol. The number of sulfonamides is 1. The number of carbonyl (C=O) groups is 1. The van der Waals surface area contributed by atoms with Gasteiger partial charge in [0.2, 0.25) is 0 Å². The topological polar surface area (TPSA) is 83.9 Å². The van der Waals surface area contributed by atoms with Crippen molar-refractivity contribution in [2.45, 2.75) is 0 Å². The molecule has 0 saturated heterocycles. The van der Waals surface area contributed by atoms with Crippen molar-refractivity contribution in [3.8, 4) is 0 Å². The maximum absolute atomic E-state index is 11.4. The molecule has 0 bridgehead atoms. The standard InChI is InChI=1S/C9H11NO5S/c1-16(13,14)10(15-7-9(11)12)8-5-3-2-4-6-8/h2-6H,7H2,1H3,(H,11,12). The first kappa shape index (κ1) is 12.5. The summed E-state index contributed by atoms with van der Waals surface area (Å²) in [5.74, 6) is -1.25. The highest BCUT2D eigenvalue weighted by Gasteiger charge is 2.19. The Morgan fingerprint density at radius 3 is 2.38 bits per heavy atom. The minimum absolute atomic E-state index is 0.256. The van der Waals surface area contributed by atoms with Crippen LogP contribution in [0.25, 0.3) is 0 Å². The molecule has 1 aromatic carbocycles. The third-order valence-electron chi connectivity index (χ3n) is 1.57. The van der Waals surface area contributed by atoms with E-state index in [4.69, 9.17) is 9.94 Å². The van der Waals surface area contributed by atoms with Crippen molar-refractivity contribution < 1.29 is 23.2 Å². The van der Waals surface area contributed by atoms with Gasteiger partial charge in [0.25, 0.3) is 10.0 Å². The zero-order chi connectivity index (χ0) is 12.2. The van der Waals surface area contributed by atoms with E-state index >= 15 is 0 Å². The number of carboxylic acid groups (broad SMARTS) is 1. The molecule has 0 aromatic heterocycles. The molecule has 0 heterocycles. The molecule has 0 unspecified atom stereocenters. The normalized spacial score (nSPS) is 11.1. The van der Waals surface area contributed by atoms with Crippen LogP contribution in [0.1, 0.15) is 0 Å². The smallest absolute Gasteiger partial charge is 0.332 e. The fourth-order valence-electron chi connectivity index (χ4n) is 1.03. The largest absolute Gasteiger partial charge is 0.479 e. The van der Waals surface area contributed by atoms with Crippen molar-refractivity contribution in [2.75, 3.05) is 17.3 Å². The van der Waals surface area contributed by atoms with Crippen LogP contribution in [0.3, 0.4) is 0 Å². The summed E-state index contributed by atoms with van der Waals surface area (Å²) >= 11 is 0. The van der Waals surface area contributed by atoms with E-state index in [2.05, 4.69) is 0 Å². The molecule has 0 radical (unpaired) electrons. The molecule has 0 aliphatic carbocycles. The van der Waals surface area contributed by atoms with Gasteiger partial charge in [0, 0.05) is 0 Å². The second kappa shape index (κ2) is 4.95. The highest BCUT2D eigenvalue weighted by atomic mass is 32.2. The fourth-order valence-corrected chi connectivity index (χ4v) is 1.77. The minimum Gasteiger partial charge on any atom is -0.479 e. The van der Waals surface area contributed by atoms with Gasteiger partial charge < -0.3 is 5.11 Å². The summed E-state index contributed by atoms with van der Waals surface area (Å²) in [4.78, 5) is 15.0. The van der Waals surface area contributed by atoms with Gasteiger partial charge in [0.15, 0.2) is 6.61 Å². The van der Waals surface area contributed by atoms with Gasteiger partial charge in [-0.1, -0.05) is 18.2 Å². The second-order valence-corrected chi connectivity index (χ2v) is 4.79. The maximum Gasteiger partial charge on any atom is 0.332 e. The average molecular weight is 245 g/mol. The Balaban J connectivity index is 2.94. The molecule has 1 N–H and O–H groups in total. The van der Waals surface area contributed by atoms with Crippen LogP contribution in [0, 0.1) is 0 Å². The fraction of sp³-hybridized carbons (Fsp3) is 0.222. The summed E-state index contributed by atoms with van der Waals surface area (Å²) in [7, 11) is -3.67. The molecule has 1 aromatic rings. The summed E-state index contributed by atoms with van der Waals surface area (Å²) in [5.41, 5.74) is 0.256. The van der Waals surface area contributed by atoms with Gasteiger partial charge in [-0.15, -0.1) is 4.47 Å². The predicted octanol–water partition coefficient (Wildman–Crippen LogP) is 0.469. The molecular formula is C9H11NO5S. The molecule has 0 amide bonds. The molecular weight excluding hydrogens is 234 g/mol. The molecule has 0 atom stereocenters. The van der Waals surface area contributed by atoms with E-state index in [1.165, 1.54) is 12.1 Å². The Bertz CT molecular complexity index is 456. The number of para-hydroxylation sites is 1. The minimum atomic E-state index is -3.67. The van der Waals surface area contributed by atoms with Crippen LogP contribution in [0.5, 0.6) is 0 Å². The van der Waals surface area contributed by atoms with Crippen molar-refractivity contribution in [2.24, 2.45) is 0 Å². The monoisotopic (exact) mass is 245 g/mol. The Hall–Kier alpha value is -1.60. The molecule has 16 heavy (non-hydrogen) atoms. The van der Waals surface area contributed by atoms with Gasteiger partial charge in [-0.05, 0) is 12.1 Å². The lowest BCUT2D eigenvalue weighted by atomic mass is 10.3. The SMILES string of the molecule is CS(=O)(=O)N(OCC(=O)O)c1ccccc1. The zero-order valence-corrected chi connectivity index (χ0v) is 9.35. The second-order valence-electron chi connectivity index (χ2n) is 2.99. The first-order valence-corrected chi connectivity index (χ1v) is 6.16. The molecule has 7 heteroatoms. The Morgan fingerprint density at radius 2 is 1.94 bits per heavy atom. The number of nitrogens with zero attached hydrogens (tertiary/aromatic N) is 1. The Morgan fingerprint density at radius 1 is 1.38 bits per heavy atom. The lowest BCUT2D eigenvalue weighted by molar-refractivity contribution is -0.141. The molecule has 0 saturated carbocycles. The molecule has 0 fully saturated rings. The van der Waals surface area contributed by atoms with Crippen molar-refractivity contribution in [3.05, 3.63) is 30.3 Å². The number of hydrogen-bond donors (Lipinski definition) is 1. The van der Waals surface area contributed by atoms with E-state index in [-0.39, 0.29) is 5.69 Å². The van der Waals surface area contributed by atoms with Crippen molar-refractivity contribution in [1.29, 1.82) is 0 Å². The van der Waals surface area contributed by atoms with Crippen LogP contribution in [0.4, 0.5) is 5.69 Å². The lowest BCUT2D eigenvalue weighted by Crippen LogP contribution is -2.32. The Kier molecular flexibility index (Phi) is 3.86. The van der Waals surface area contributed by atoms with Gasteiger partial charge in [0.05, 0.1) is 11.9 Å². The van der Waals surface area contributed by atoms with Crippen molar-refractivity contribution in [3.63, 3.8) is 0 Å². The molecule has 88 valence electrons. The van der Waals surface area contributed by atoms with Gasteiger partial charge in [-0.25, -0.2) is 18.0 Å². The molecule has 6 nitrogen and oxygen atoms in total. The average Bonchev–Trinajstić information content (AvgIpc) is 2.17. The van der Waals surface area contributed by atoms with Crippen LogP contribution in [-0.2, 0) is 19.7 Å². The summed E-state index contributed by atoms with van der Waals surface area (Å²) in [5, 5.41) is 8.43. The number of aliphatic carboxylic acids is 1. The van der Waals surface area contributed by atoms with Gasteiger partial charge in [0.1, 0.15) is 0 Å². The van der Waals surface area contributed by atoms with Gasteiger partial charge in [-0.2, -0.15) is 0 Å². The van der Waals surface area contributed by atoms with Gasteiger partial charge >= 0.3 is 5.97 Å². The van der Waals surface area contributed by atoms with E-state index in [0.717, 1.165) is 6.26 Å². The molecule has 1 rings (SSSR count). The van der Waals surface area contributed by atoms with E-state index in [0.29, 0.717) is 4.47 Å². The van der Waals surface area contributed by atoms with E-state index < -0.39 is 22.6 Å². The van der Waals surface area contributed by atoms with Crippen LogP contribution in [-0.4, -0.2) is 32.4 Å². The Labute approximate surface area is 93.1 Å². The van der Waals surface area contributed by atoms with Crippen LogP contribution < -0.4 is 4.47 Å². The van der Waals surface area contributed by atoms with Crippen LogP contribution in [0.15, 0.2) is 30.3 Å². The highest BCUT2D eigenvalue weighted by Crippen LogP contribution is 2.16. The summed E-state index contributed by atoms with van der Waals surface area (Å²) in [6.07, 6.45) is 0.932. The quantitative estimate of drug-likeness (QED) is 0.762. The number of rotatable bonds is 5. The van der Waals surface area contributed by atoms with E-state index in [1.54, 1.807) is 18.2 Å². The van der Waals surface area contributed by atoms with E-state index in [1.807, 2.05) is 0 Å². The lowest BCUT2D eigenvalue weighted by Gasteiger charge is -2.19. The van der Waals surface area contributed by atoms with Crippen LogP contribution >= 0.6 is 0 Å². The summed E-state index contributed by atoms with van der Waals surface area (Å²) in [6.45, 7) is -0.720.